The van der Waals surface area contributed by atoms with E-state index < -0.39 is 5.82 Å². The van der Waals surface area contributed by atoms with Crippen LogP contribution < -0.4 is 10.5 Å². The maximum Gasteiger partial charge on any atom is 0.181 e. The Morgan fingerprint density at radius 3 is 2.85 bits per heavy atom. The molecule has 2 heterocycles. The third-order valence-corrected chi connectivity index (χ3v) is 3.29. The minimum atomic E-state index is -0.466. The first-order chi connectivity index (χ1) is 9.61. The van der Waals surface area contributed by atoms with Gasteiger partial charge in [0.2, 0.25) is 0 Å². The third kappa shape index (κ3) is 1.87. The van der Waals surface area contributed by atoms with Gasteiger partial charge in [-0.15, -0.1) is 0 Å². The second-order valence-electron chi connectivity index (χ2n) is 4.24. The van der Waals surface area contributed by atoms with Crippen molar-refractivity contribution in [3.8, 4) is 17.0 Å². The average Bonchev–Trinajstić information content (AvgIpc) is 2.76. The number of imidazole rings is 1. The minimum Gasteiger partial charge on any atom is -0.493 e. The van der Waals surface area contributed by atoms with E-state index in [0.717, 1.165) is 0 Å². The number of anilines is 1. The highest BCUT2D eigenvalue weighted by Crippen LogP contribution is 2.32. The zero-order valence-electron chi connectivity index (χ0n) is 10.6. The van der Waals surface area contributed by atoms with Crippen LogP contribution in [-0.2, 0) is 0 Å². The summed E-state index contributed by atoms with van der Waals surface area (Å²) in [5.74, 6) is 0.450. The molecule has 0 fully saturated rings. The van der Waals surface area contributed by atoms with Crippen molar-refractivity contribution in [3.63, 3.8) is 0 Å². The molecule has 0 aliphatic rings. The van der Waals surface area contributed by atoms with E-state index in [0.29, 0.717) is 33.5 Å². The molecule has 1 aromatic carbocycles. The molecule has 3 rings (SSSR count). The SMILES string of the molecule is COc1cccn2c(N)c(-c3ccc(Cl)cc3F)nc12. The molecule has 0 radical (unpaired) electrons. The molecule has 6 heteroatoms. The van der Waals surface area contributed by atoms with Gasteiger partial charge in [-0.1, -0.05) is 11.6 Å². The third-order valence-electron chi connectivity index (χ3n) is 3.06. The number of rotatable bonds is 2. The summed E-state index contributed by atoms with van der Waals surface area (Å²) in [6.45, 7) is 0. The molecule has 0 aliphatic heterocycles. The van der Waals surface area contributed by atoms with Gasteiger partial charge in [0.25, 0.3) is 0 Å². The van der Waals surface area contributed by atoms with Crippen molar-refractivity contribution in [1.29, 1.82) is 0 Å². The lowest BCUT2D eigenvalue weighted by molar-refractivity contribution is 0.417. The number of ether oxygens (including phenoxy) is 1. The van der Waals surface area contributed by atoms with Gasteiger partial charge in [-0.2, -0.15) is 0 Å². The van der Waals surface area contributed by atoms with Gasteiger partial charge in [-0.05, 0) is 30.3 Å². The lowest BCUT2D eigenvalue weighted by Gasteiger charge is -2.02. The summed E-state index contributed by atoms with van der Waals surface area (Å²) in [4.78, 5) is 4.37. The van der Waals surface area contributed by atoms with Crippen LogP contribution in [0.3, 0.4) is 0 Å². The van der Waals surface area contributed by atoms with Crippen molar-refractivity contribution < 1.29 is 9.13 Å². The van der Waals surface area contributed by atoms with Gasteiger partial charge < -0.3 is 10.5 Å². The summed E-state index contributed by atoms with van der Waals surface area (Å²) < 4.78 is 20.9. The molecule has 0 atom stereocenters. The minimum absolute atomic E-state index is 0.303. The Bertz CT molecular complexity index is 800. The average molecular weight is 292 g/mol. The largest absolute Gasteiger partial charge is 0.493 e. The second kappa shape index (κ2) is 4.68. The molecule has 2 aromatic heterocycles. The van der Waals surface area contributed by atoms with E-state index in [1.165, 1.54) is 6.07 Å². The normalized spacial score (nSPS) is 10.9. The van der Waals surface area contributed by atoms with E-state index in [9.17, 15) is 4.39 Å². The first-order valence-electron chi connectivity index (χ1n) is 5.88. The van der Waals surface area contributed by atoms with Crippen LogP contribution in [0, 0.1) is 5.82 Å². The number of methoxy groups -OCH3 is 1. The van der Waals surface area contributed by atoms with Crippen LogP contribution in [0.15, 0.2) is 36.5 Å². The summed E-state index contributed by atoms with van der Waals surface area (Å²) in [6.07, 6.45) is 1.75. The fourth-order valence-corrected chi connectivity index (χ4v) is 2.26. The Balaban J connectivity index is 2.29. The topological polar surface area (TPSA) is 52.5 Å². The summed E-state index contributed by atoms with van der Waals surface area (Å²) in [6, 6.07) is 7.94. The van der Waals surface area contributed by atoms with Crippen molar-refractivity contribution in [2.24, 2.45) is 0 Å². The van der Waals surface area contributed by atoms with Crippen LogP contribution in [0.5, 0.6) is 5.75 Å². The zero-order valence-corrected chi connectivity index (χ0v) is 11.4. The monoisotopic (exact) mass is 291 g/mol. The number of nitrogen functional groups attached to an aromatic ring is 1. The number of hydrogen-bond acceptors (Lipinski definition) is 3. The van der Waals surface area contributed by atoms with Crippen LogP contribution in [-0.4, -0.2) is 16.5 Å². The number of nitrogens with two attached hydrogens (primary N) is 1. The van der Waals surface area contributed by atoms with Crippen molar-refractivity contribution in [2.75, 3.05) is 12.8 Å². The Morgan fingerprint density at radius 2 is 2.15 bits per heavy atom. The van der Waals surface area contributed by atoms with Crippen LogP contribution in [0.2, 0.25) is 5.02 Å². The molecule has 0 saturated carbocycles. The molecule has 0 spiro atoms. The van der Waals surface area contributed by atoms with Gasteiger partial charge in [0.15, 0.2) is 11.4 Å². The molecule has 102 valence electrons. The molecule has 0 unspecified atom stereocenters. The van der Waals surface area contributed by atoms with Crippen LogP contribution in [0.1, 0.15) is 0 Å². The van der Waals surface area contributed by atoms with Crippen molar-refractivity contribution in [1.82, 2.24) is 9.38 Å². The number of benzene rings is 1. The molecule has 0 saturated heterocycles. The fraction of sp³-hybridized carbons (Fsp3) is 0.0714. The van der Waals surface area contributed by atoms with Gasteiger partial charge in [0, 0.05) is 16.8 Å². The molecule has 2 N–H and O–H groups in total. The number of aromatic nitrogens is 2. The smallest absolute Gasteiger partial charge is 0.181 e. The first kappa shape index (κ1) is 12.7. The number of pyridine rings is 1. The molecule has 0 amide bonds. The Morgan fingerprint density at radius 1 is 1.35 bits per heavy atom. The van der Waals surface area contributed by atoms with Crippen molar-refractivity contribution >= 4 is 23.1 Å². The second-order valence-corrected chi connectivity index (χ2v) is 4.68. The van der Waals surface area contributed by atoms with E-state index in [-0.39, 0.29) is 0 Å². The Kier molecular flexibility index (Phi) is 2.99. The van der Waals surface area contributed by atoms with E-state index in [4.69, 9.17) is 22.1 Å². The highest BCUT2D eigenvalue weighted by atomic mass is 35.5. The first-order valence-corrected chi connectivity index (χ1v) is 6.25. The Labute approximate surface area is 119 Å². The number of hydrogen-bond donors (Lipinski definition) is 1. The highest BCUT2D eigenvalue weighted by molar-refractivity contribution is 6.30. The van der Waals surface area contributed by atoms with Crippen LogP contribution >= 0.6 is 11.6 Å². The lowest BCUT2D eigenvalue weighted by Crippen LogP contribution is -1.95. The molecule has 3 aromatic rings. The van der Waals surface area contributed by atoms with E-state index >= 15 is 0 Å². The molecular weight excluding hydrogens is 281 g/mol. The number of halogens is 2. The standard InChI is InChI=1S/C14H11ClFN3O/c1-20-11-3-2-6-19-13(17)12(18-14(11)19)9-5-4-8(15)7-10(9)16/h2-7H,17H2,1H3. The molecular formula is C14H11ClFN3O. The van der Waals surface area contributed by atoms with Crippen LogP contribution in [0.25, 0.3) is 16.9 Å². The fourth-order valence-electron chi connectivity index (χ4n) is 2.10. The predicted octanol–water partition coefficient (Wildman–Crippen LogP) is 3.38. The van der Waals surface area contributed by atoms with E-state index in [1.54, 1.807) is 42.0 Å². The lowest BCUT2D eigenvalue weighted by atomic mass is 10.1. The van der Waals surface area contributed by atoms with Crippen molar-refractivity contribution in [2.45, 2.75) is 0 Å². The quantitative estimate of drug-likeness (QED) is 0.787. The summed E-state index contributed by atoms with van der Waals surface area (Å²) in [5, 5.41) is 0.325. The van der Waals surface area contributed by atoms with Crippen molar-refractivity contribution in [3.05, 3.63) is 47.4 Å². The van der Waals surface area contributed by atoms with E-state index in [2.05, 4.69) is 4.98 Å². The molecule has 0 aliphatic carbocycles. The van der Waals surface area contributed by atoms with Gasteiger partial charge >= 0.3 is 0 Å². The van der Waals surface area contributed by atoms with Crippen LogP contribution in [0.4, 0.5) is 10.2 Å². The van der Waals surface area contributed by atoms with Gasteiger partial charge in [0.05, 0.1) is 7.11 Å². The molecule has 0 bridgehead atoms. The van der Waals surface area contributed by atoms with E-state index in [1.807, 2.05) is 0 Å². The Hall–Kier alpha value is -2.27. The summed E-state index contributed by atoms with van der Waals surface area (Å²) in [7, 11) is 1.54. The number of fused-ring (bicyclic) bond motifs is 1. The highest BCUT2D eigenvalue weighted by Gasteiger charge is 2.17. The predicted molar refractivity (Wildman–Crippen MR) is 76.6 cm³/mol. The van der Waals surface area contributed by atoms with Gasteiger partial charge in [-0.3, -0.25) is 4.40 Å². The maximum absolute atomic E-state index is 14.0. The maximum atomic E-state index is 14.0. The van der Waals surface area contributed by atoms with Gasteiger partial charge in [0.1, 0.15) is 17.3 Å². The zero-order chi connectivity index (χ0) is 14.3. The number of nitrogens with zero attached hydrogens (tertiary/aromatic N) is 2. The molecule has 20 heavy (non-hydrogen) atoms. The summed E-state index contributed by atoms with van der Waals surface area (Å²) in [5.41, 5.74) is 7.25. The summed E-state index contributed by atoms with van der Waals surface area (Å²) >= 11 is 5.75. The molecule has 4 nitrogen and oxygen atoms in total. The van der Waals surface area contributed by atoms with Gasteiger partial charge in [-0.25, -0.2) is 9.37 Å².